The molecule has 0 saturated heterocycles. The molecule has 2 aliphatic heterocycles. The molecule has 2 aliphatic rings. The fourth-order valence-corrected chi connectivity index (χ4v) is 17.4. The Bertz CT molecular complexity index is 6120. The summed E-state index contributed by atoms with van der Waals surface area (Å²) in [4.78, 5) is 0. The standard InChI is InChI=1S/C98H62O2/c1-5-30-70(31-6-1)97(71-32-7-2-8-33-71)87-47-17-19-49-90(87)99-92-57-56-69(60-89(92)97)76-40-23-44-80-85(76)62-86-77(82-46-25-51-93-96(82)98(72-34-9-3-10-35-72,73-36-11-4-12-37-73)88-48-18-20-50-91(88)100-93)41-24-45-81(86)95(80)94-78-42-21-38-74(67-54-52-63-26-13-15-28-65(63)58-67)83(78)61-84-75(39-22-43-79(84)94)68-55-53-64-27-14-16-29-66(64)59-68/h1-62H. The van der Waals surface area contributed by atoms with Crippen molar-refractivity contribution in [1.29, 1.82) is 0 Å². The van der Waals surface area contributed by atoms with E-state index in [9.17, 15) is 0 Å². The van der Waals surface area contributed by atoms with Crippen LogP contribution in [0.4, 0.5) is 0 Å². The first-order chi connectivity index (χ1) is 49.6. The van der Waals surface area contributed by atoms with Crippen molar-refractivity contribution in [3.05, 3.63) is 421 Å². The van der Waals surface area contributed by atoms with E-state index in [0.717, 1.165) is 100 Å². The van der Waals surface area contributed by atoms with Gasteiger partial charge in [0.1, 0.15) is 23.0 Å². The second kappa shape index (κ2) is 22.9. The molecule has 0 aromatic heterocycles. The number of rotatable bonds is 9. The van der Waals surface area contributed by atoms with E-state index in [0.29, 0.717) is 0 Å². The van der Waals surface area contributed by atoms with Crippen LogP contribution in [0.2, 0.25) is 0 Å². The Hall–Kier alpha value is -12.9. The third kappa shape index (κ3) is 8.63. The summed E-state index contributed by atoms with van der Waals surface area (Å²) in [5.41, 5.74) is 18.9. The molecule has 2 nitrogen and oxygen atoms in total. The van der Waals surface area contributed by atoms with Crippen molar-refractivity contribution in [2.75, 3.05) is 0 Å². The number of ether oxygens (including phenoxy) is 2. The van der Waals surface area contributed by atoms with Gasteiger partial charge in [-0.1, -0.05) is 322 Å². The molecule has 2 heteroatoms. The lowest BCUT2D eigenvalue weighted by Crippen LogP contribution is -2.34. The molecule has 0 spiro atoms. The first-order valence-electron chi connectivity index (χ1n) is 34.6. The van der Waals surface area contributed by atoms with Gasteiger partial charge in [-0.25, -0.2) is 0 Å². The summed E-state index contributed by atoms with van der Waals surface area (Å²) in [5, 5.41) is 14.1. The van der Waals surface area contributed by atoms with Crippen molar-refractivity contribution in [2.45, 2.75) is 10.8 Å². The van der Waals surface area contributed by atoms with Gasteiger partial charge in [0.25, 0.3) is 0 Å². The lowest BCUT2D eigenvalue weighted by molar-refractivity contribution is 0.434. The zero-order valence-electron chi connectivity index (χ0n) is 54.6. The molecular weight excluding hydrogens is 1210 g/mol. The topological polar surface area (TPSA) is 18.5 Å². The summed E-state index contributed by atoms with van der Waals surface area (Å²) in [6, 6.07) is 139. The molecular formula is C98H62O2. The molecule has 466 valence electrons. The summed E-state index contributed by atoms with van der Waals surface area (Å²) >= 11 is 0. The maximum absolute atomic E-state index is 7.27. The zero-order valence-corrected chi connectivity index (χ0v) is 54.6. The highest BCUT2D eigenvalue weighted by atomic mass is 16.5. The third-order valence-corrected chi connectivity index (χ3v) is 21.7. The second-order valence-electron chi connectivity index (χ2n) is 26.8. The largest absolute Gasteiger partial charge is 0.457 e. The van der Waals surface area contributed by atoms with Crippen molar-refractivity contribution in [3.63, 3.8) is 0 Å². The first kappa shape index (κ1) is 57.4. The van der Waals surface area contributed by atoms with E-state index in [-0.39, 0.29) is 0 Å². The average Bonchev–Trinajstić information content (AvgIpc) is 0.711. The smallest absolute Gasteiger partial charge is 0.132 e. The van der Waals surface area contributed by atoms with Crippen LogP contribution in [-0.2, 0) is 10.8 Å². The third-order valence-electron chi connectivity index (χ3n) is 21.7. The lowest BCUT2D eigenvalue weighted by atomic mass is 9.62. The Morgan fingerprint density at radius 1 is 0.180 bits per heavy atom. The zero-order chi connectivity index (χ0) is 65.9. The van der Waals surface area contributed by atoms with Crippen molar-refractivity contribution >= 4 is 64.6 Å². The van der Waals surface area contributed by atoms with Gasteiger partial charge in [0.15, 0.2) is 0 Å². The Kier molecular flexibility index (Phi) is 13.1. The van der Waals surface area contributed by atoms with E-state index >= 15 is 0 Å². The lowest BCUT2D eigenvalue weighted by Gasteiger charge is -2.42. The molecule has 18 aromatic carbocycles. The van der Waals surface area contributed by atoms with Gasteiger partial charge in [-0.2, -0.15) is 0 Å². The predicted octanol–water partition coefficient (Wildman–Crippen LogP) is 25.9. The van der Waals surface area contributed by atoms with Crippen LogP contribution in [0.25, 0.3) is 120 Å². The molecule has 0 N–H and O–H groups in total. The van der Waals surface area contributed by atoms with Crippen LogP contribution in [-0.4, -0.2) is 0 Å². The van der Waals surface area contributed by atoms with E-state index in [1.807, 2.05) is 0 Å². The van der Waals surface area contributed by atoms with Crippen molar-refractivity contribution in [3.8, 4) is 78.6 Å². The van der Waals surface area contributed by atoms with Gasteiger partial charge in [-0.05, 0) is 197 Å². The molecule has 20 rings (SSSR count). The molecule has 100 heavy (non-hydrogen) atoms. The Balaban J connectivity index is 0.937. The molecule has 0 aliphatic carbocycles. The van der Waals surface area contributed by atoms with Crippen molar-refractivity contribution < 1.29 is 9.47 Å². The van der Waals surface area contributed by atoms with Crippen LogP contribution in [0, 0.1) is 0 Å². The number of benzene rings is 18. The molecule has 0 bridgehead atoms. The molecule has 0 saturated carbocycles. The molecule has 2 heterocycles. The molecule has 0 amide bonds. The molecule has 0 fully saturated rings. The van der Waals surface area contributed by atoms with Gasteiger partial charge in [0, 0.05) is 22.3 Å². The van der Waals surface area contributed by atoms with E-state index < -0.39 is 10.8 Å². The fraction of sp³-hybridized carbons (Fsp3) is 0.0204. The Labute approximate surface area is 580 Å². The normalized spacial score (nSPS) is 13.3. The van der Waals surface area contributed by atoms with Crippen LogP contribution in [0.15, 0.2) is 376 Å². The summed E-state index contributed by atoms with van der Waals surface area (Å²) in [7, 11) is 0. The quantitative estimate of drug-likeness (QED) is 0.134. The number of hydrogen-bond donors (Lipinski definition) is 0. The van der Waals surface area contributed by atoms with Gasteiger partial charge in [-0.15, -0.1) is 0 Å². The van der Waals surface area contributed by atoms with Crippen LogP contribution in [0.1, 0.15) is 44.5 Å². The van der Waals surface area contributed by atoms with E-state index in [4.69, 9.17) is 9.47 Å². The second-order valence-corrected chi connectivity index (χ2v) is 26.8. The molecule has 18 aromatic rings. The van der Waals surface area contributed by atoms with Gasteiger partial charge in [-0.3, -0.25) is 0 Å². The summed E-state index contributed by atoms with van der Waals surface area (Å²) < 4.78 is 14.4. The fourth-order valence-electron chi connectivity index (χ4n) is 17.4. The van der Waals surface area contributed by atoms with Gasteiger partial charge >= 0.3 is 0 Å². The van der Waals surface area contributed by atoms with Gasteiger partial charge in [0.05, 0.1) is 10.8 Å². The highest BCUT2D eigenvalue weighted by Crippen LogP contribution is 2.61. The minimum Gasteiger partial charge on any atom is -0.457 e. The predicted molar refractivity (Wildman–Crippen MR) is 415 cm³/mol. The monoisotopic (exact) mass is 1270 g/mol. The van der Waals surface area contributed by atoms with E-state index in [1.54, 1.807) is 0 Å². The summed E-state index contributed by atoms with van der Waals surface area (Å²) in [6.45, 7) is 0. The van der Waals surface area contributed by atoms with E-state index in [2.05, 4.69) is 376 Å². The Morgan fingerprint density at radius 2 is 0.510 bits per heavy atom. The van der Waals surface area contributed by atoms with Crippen molar-refractivity contribution in [1.82, 2.24) is 0 Å². The minimum atomic E-state index is -0.797. The molecule has 0 radical (unpaired) electrons. The molecule has 0 atom stereocenters. The first-order valence-corrected chi connectivity index (χ1v) is 34.6. The highest BCUT2D eigenvalue weighted by molar-refractivity contribution is 6.28. The average molecular weight is 1270 g/mol. The van der Waals surface area contributed by atoms with Crippen LogP contribution >= 0.6 is 0 Å². The van der Waals surface area contributed by atoms with Crippen molar-refractivity contribution in [2.24, 2.45) is 0 Å². The van der Waals surface area contributed by atoms with Crippen LogP contribution in [0.3, 0.4) is 0 Å². The van der Waals surface area contributed by atoms with Crippen LogP contribution < -0.4 is 9.47 Å². The SMILES string of the molecule is c1ccc(C2(c3ccccc3)c3ccccc3Oc3ccc(-c4cccc5c(-c6c7cccc(-c8ccc9ccccc9c8)c7cc7c(-c8ccc9ccccc9c8)cccc67)c6cccc(-c7cccc8c7C(c7ccccc7)(c7ccccc7)c7ccccc7O8)c6cc45)cc32)cc1. The maximum atomic E-state index is 7.27. The van der Waals surface area contributed by atoms with Crippen LogP contribution in [0.5, 0.6) is 23.0 Å². The maximum Gasteiger partial charge on any atom is 0.132 e. The number of para-hydroxylation sites is 2. The number of fused-ring (bicyclic) bond motifs is 10. The minimum absolute atomic E-state index is 0.733. The summed E-state index contributed by atoms with van der Waals surface area (Å²) in [6.07, 6.45) is 0. The highest BCUT2D eigenvalue weighted by Gasteiger charge is 2.48. The van der Waals surface area contributed by atoms with E-state index in [1.165, 1.54) is 87.6 Å². The number of hydrogen-bond acceptors (Lipinski definition) is 2. The Morgan fingerprint density at radius 3 is 0.990 bits per heavy atom. The molecule has 0 unspecified atom stereocenters. The van der Waals surface area contributed by atoms with Gasteiger partial charge in [0.2, 0.25) is 0 Å². The van der Waals surface area contributed by atoms with Gasteiger partial charge < -0.3 is 9.47 Å². The summed E-state index contributed by atoms with van der Waals surface area (Å²) in [5.74, 6) is 3.34.